The van der Waals surface area contributed by atoms with Crippen LogP contribution in [0.5, 0.6) is 0 Å². The third kappa shape index (κ3) is 4.48. The SMILES string of the molecule is CN(CCOCC1CC1)Cc1ccc(N)c(Cl)c1. The Hall–Kier alpha value is -0.770. The summed E-state index contributed by atoms with van der Waals surface area (Å²) in [5, 5.41) is 0.630. The molecule has 100 valence electrons. The molecular weight excluding hydrogens is 248 g/mol. The highest BCUT2D eigenvalue weighted by Gasteiger charge is 2.20. The van der Waals surface area contributed by atoms with Gasteiger partial charge in [-0.3, -0.25) is 4.90 Å². The quantitative estimate of drug-likeness (QED) is 0.610. The summed E-state index contributed by atoms with van der Waals surface area (Å²) in [5.74, 6) is 0.839. The molecule has 0 spiro atoms. The molecule has 1 aromatic carbocycles. The minimum Gasteiger partial charge on any atom is -0.398 e. The van der Waals surface area contributed by atoms with Crippen LogP contribution < -0.4 is 5.73 Å². The topological polar surface area (TPSA) is 38.5 Å². The summed E-state index contributed by atoms with van der Waals surface area (Å²) in [6, 6.07) is 5.80. The second-order valence-electron chi connectivity index (χ2n) is 5.11. The van der Waals surface area contributed by atoms with Gasteiger partial charge >= 0.3 is 0 Å². The molecule has 1 aliphatic rings. The Morgan fingerprint density at radius 3 is 2.89 bits per heavy atom. The van der Waals surface area contributed by atoms with Crippen molar-refractivity contribution in [2.75, 3.05) is 32.5 Å². The van der Waals surface area contributed by atoms with Crippen molar-refractivity contribution < 1.29 is 4.74 Å². The standard InChI is InChI=1S/C14H21ClN2O/c1-17(6-7-18-10-11-2-3-11)9-12-4-5-14(16)13(15)8-12/h4-5,8,11H,2-3,6-7,9-10,16H2,1H3. The lowest BCUT2D eigenvalue weighted by molar-refractivity contribution is 0.102. The molecule has 0 unspecified atom stereocenters. The Kier molecular flexibility index (Phi) is 4.87. The van der Waals surface area contributed by atoms with Crippen molar-refractivity contribution in [3.63, 3.8) is 0 Å². The maximum Gasteiger partial charge on any atom is 0.0638 e. The molecule has 0 aliphatic heterocycles. The van der Waals surface area contributed by atoms with Crippen LogP contribution in [0.25, 0.3) is 0 Å². The monoisotopic (exact) mass is 268 g/mol. The molecule has 0 atom stereocenters. The van der Waals surface area contributed by atoms with Crippen LogP contribution >= 0.6 is 11.6 Å². The number of rotatable bonds is 7. The number of likely N-dealkylation sites (N-methyl/N-ethyl adjacent to an activating group) is 1. The van der Waals surface area contributed by atoms with Crippen LogP contribution in [0.4, 0.5) is 5.69 Å². The Bertz CT molecular complexity index is 393. The molecule has 0 bridgehead atoms. The fourth-order valence-corrected chi connectivity index (χ4v) is 2.02. The molecular formula is C14H21ClN2O. The van der Waals surface area contributed by atoms with Crippen LogP contribution in [0.2, 0.25) is 5.02 Å². The number of anilines is 1. The summed E-state index contributed by atoms with van der Waals surface area (Å²) in [7, 11) is 2.09. The van der Waals surface area contributed by atoms with Gasteiger partial charge in [-0.1, -0.05) is 17.7 Å². The molecule has 4 heteroatoms. The number of ether oxygens (including phenoxy) is 1. The second kappa shape index (κ2) is 6.41. The fourth-order valence-electron chi connectivity index (χ4n) is 1.81. The van der Waals surface area contributed by atoms with E-state index in [1.807, 2.05) is 18.2 Å². The van der Waals surface area contributed by atoms with Crippen LogP contribution in [0, 0.1) is 5.92 Å². The zero-order valence-corrected chi connectivity index (χ0v) is 11.6. The lowest BCUT2D eigenvalue weighted by atomic mass is 10.2. The first-order valence-corrected chi connectivity index (χ1v) is 6.83. The highest BCUT2D eigenvalue weighted by atomic mass is 35.5. The summed E-state index contributed by atoms with van der Waals surface area (Å²) in [6.07, 6.45) is 2.69. The van der Waals surface area contributed by atoms with Crippen LogP contribution in [-0.2, 0) is 11.3 Å². The predicted molar refractivity (Wildman–Crippen MR) is 75.7 cm³/mol. The number of hydrogen-bond acceptors (Lipinski definition) is 3. The third-order valence-corrected chi connectivity index (χ3v) is 3.51. The minimum absolute atomic E-state index is 0.630. The van der Waals surface area contributed by atoms with Gasteiger partial charge < -0.3 is 10.5 Å². The first-order valence-electron chi connectivity index (χ1n) is 6.45. The molecule has 0 saturated heterocycles. The number of nitrogen functional groups attached to an aromatic ring is 1. The third-order valence-electron chi connectivity index (χ3n) is 3.19. The van der Waals surface area contributed by atoms with E-state index in [0.717, 1.165) is 32.2 Å². The van der Waals surface area contributed by atoms with E-state index in [-0.39, 0.29) is 0 Å². The molecule has 2 rings (SSSR count). The zero-order chi connectivity index (χ0) is 13.0. The molecule has 1 saturated carbocycles. The van der Waals surface area contributed by atoms with E-state index in [2.05, 4.69) is 11.9 Å². The summed E-state index contributed by atoms with van der Waals surface area (Å²) in [6.45, 7) is 3.54. The first kappa shape index (κ1) is 13.7. The minimum atomic E-state index is 0.630. The van der Waals surface area contributed by atoms with Crippen molar-refractivity contribution in [2.24, 2.45) is 5.92 Å². The summed E-state index contributed by atoms with van der Waals surface area (Å²) >= 11 is 6.00. The fraction of sp³-hybridized carbons (Fsp3) is 0.571. The van der Waals surface area contributed by atoms with Gasteiger partial charge in [-0.15, -0.1) is 0 Å². The van der Waals surface area contributed by atoms with Crippen molar-refractivity contribution in [3.8, 4) is 0 Å². The second-order valence-corrected chi connectivity index (χ2v) is 5.52. The Balaban J connectivity index is 1.68. The van der Waals surface area contributed by atoms with Crippen LogP contribution in [0.1, 0.15) is 18.4 Å². The van der Waals surface area contributed by atoms with Crippen molar-refractivity contribution in [3.05, 3.63) is 28.8 Å². The van der Waals surface area contributed by atoms with E-state index in [1.165, 1.54) is 18.4 Å². The van der Waals surface area contributed by atoms with Gasteiger partial charge in [-0.25, -0.2) is 0 Å². The van der Waals surface area contributed by atoms with Gasteiger partial charge in [0.15, 0.2) is 0 Å². The van der Waals surface area contributed by atoms with Crippen LogP contribution in [-0.4, -0.2) is 31.7 Å². The van der Waals surface area contributed by atoms with E-state index in [4.69, 9.17) is 22.1 Å². The van der Waals surface area contributed by atoms with Gasteiger partial charge in [0.2, 0.25) is 0 Å². The Morgan fingerprint density at radius 2 is 2.22 bits per heavy atom. The number of hydrogen-bond donors (Lipinski definition) is 1. The molecule has 18 heavy (non-hydrogen) atoms. The highest BCUT2D eigenvalue weighted by molar-refractivity contribution is 6.33. The Morgan fingerprint density at radius 1 is 1.44 bits per heavy atom. The normalized spacial score (nSPS) is 15.3. The van der Waals surface area contributed by atoms with Gasteiger partial charge in [0.25, 0.3) is 0 Å². The predicted octanol–water partition coefficient (Wildman–Crippen LogP) is 2.78. The van der Waals surface area contributed by atoms with E-state index in [1.54, 1.807) is 0 Å². The van der Waals surface area contributed by atoms with Crippen molar-refractivity contribution in [2.45, 2.75) is 19.4 Å². The van der Waals surface area contributed by atoms with Crippen LogP contribution in [0.3, 0.4) is 0 Å². The average Bonchev–Trinajstić information content (AvgIpc) is 3.14. The number of benzene rings is 1. The van der Waals surface area contributed by atoms with Crippen molar-refractivity contribution in [1.29, 1.82) is 0 Å². The highest BCUT2D eigenvalue weighted by Crippen LogP contribution is 2.28. The van der Waals surface area contributed by atoms with Crippen molar-refractivity contribution >= 4 is 17.3 Å². The average molecular weight is 269 g/mol. The summed E-state index contributed by atoms with van der Waals surface area (Å²) in [4.78, 5) is 2.23. The first-order chi connectivity index (χ1) is 8.65. The van der Waals surface area contributed by atoms with Gasteiger partial charge in [0.1, 0.15) is 0 Å². The van der Waals surface area contributed by atoms with Crippen LogP contribution in [0.15, 0.2) is 18.2 Å². The van der Waals surface area contributed by atoms with Gasteiger partial charge in [0.05, 0.1) is 17.3 Å². The molecule has 1 fully saturated rings. The lowest BCUT2D eigenvalue weighted by Gasteiger charge is -2.17. The summed E-state index contributed by atoms with van der Waals surface area (Å²) < 4.78 is 5.62. The van der Waals surface area contributed by atoms with Gasteiger partial charge in [-0.05, 0) is 43.5 Å². The molecule has 0 amide bonds. The lowest BCUT2D eigenvalue weighted by Crippen LogP contribution is -2.23. The maximum absolute atomic E-state index is 6.00. The van der Waals surface area contributed by atoms with E-state index < -0.39 is 0 Å². The molecule has 3 nitrogen and oxygen atoms in total. The molecule has 0 heterocycles. The number of halogens is 1. The molecule has 1 aromatic rings. The van der Waals surface area contributed by atoms with Gasteiger partial charge in [0, 0.05) is 19.7 Å². The molecule has 0 aromatic heterocycles. The Labute approximate surface area is 114 Å². The molecule has 1 aliphatic carbocycles. The number of nitrogens with zero attached hydrogens (tertiary/aromatic N) is 1. The maximum atomic E-state index is 6.00. The summed E-state index contributed by atoms with van der Waals surface area (Å²) in [5.41, 5.74) is 7.50. The molecule has 2 N–H and O–H groups in total. The largest absolute Gasteiger partial charge is 0.398 e. The van der Waals surface area contributed by atoms with E-state index in [0.29, 0.717) is 10.7 Å². The smallest absolute Gasteiger partial charge is 0.0638 e. The molecule has 0 radical (unpaired) electrons. The van der Waals surface area contributed by atoms with Gasteiger partial charge in [-0.2, -0.15) is 0 Å². The number of nitrogens with two attached hydrogens (primary N) is 1. The zero-order valence-electron chi connectivity index (χ0n) is 10.9. The van der Waals surface area contributed by atoms with Crippen molar-refractivity contribution in [1.82, 2.24) is 4.90 Å². The van der Waals surface area contributed by atoms with E-state index in [9.17, 15) is 0 Å². The van der Waals surface area contributed by atoms with E-state index >= 15 is 0 Å².